The minimum Gasteiger partial charge on any atom is -0.309 e. The summed E-state index contributed by atoms with van der Waals surface area (Å²) in [6.45, 7) is 0.794. The number of benzene rings is 1. The summed E-state index contributed by atoms with van der Waals surface area (Å²) in [6.07, 6.45) is 6.45. The first-order valence-electron chi connectivity index (χ1n) is 10.9. The summed E-state index contributed by atoms with van der Waals surface area (Å²) in [5.74, 6) is 0. The highest BCUT2D eigenvalue weighted by molar-refractivity contribution is 6.99. The van der Waals surface area contributed by atoms with Crippen molar-refractivity contribution in [3.63, 3.8) is 0 Å². The van der Waals surface area contributed by atoms with Crippen LogP contribution in [0.25, 0.3) is 11.0 Å². The fraction of sp³-hybridized carbons (Fsp3) is 0.148. The van der Waals surface area contributed by atoms with Crippen LogP contribution >= 0.6 is 0 Å². The average molecular weight is 418 g/mol. The van der Waals surface area contributed by atoms with Crippen LogP contribution in [0.5, 0.6) is 0 Å². The molecule has 0 saturated heterocycles. The first-order valence-corrected chi connectivity index (χ1v) is 10.9. The van der Waals surface area contributed by atoms with Gasteiger partial charge in [0.2, 0.25) is 0 Å². The Bertz CT molecular complexity index is 1090. The molecule has 0 N–H and O–H groups in total. The summed E-state index contributed by atoms with van der Waals surface area (Å²) in [5.41, 5.74) is 6.49. The van der Waals surface area contributed by atoms with Crippen LogP contribution in [0.15, 0.2) is 104 Å². The predicted molar refractivity (Wildman–Crippen MR) is 134 cm³/mol. The van der Waals surface area contributed by atoms with Crippen molar-refractivity contribution in [2.75, 3.05) is 20.6 Å². The van der Waals surface area contributed by atoms with E-state index in [1.54, 1.807) is 0 Å². The van der Waals surface area contributed by atoms with E-state index in [1.165, 1.54) is 11.1 Å². The lowest BCUT2D eigenvalue weighted by Crippen LogP contribution is -2.47. The Kier molecular flexibility index (Phi) is 7.21. The van der Waals surface area contributed by atoms with Crippen molar-refractivity contribution in [3.8, 4) is 0 Å². The molecule has 3 aromatic heterocycles. The summed E-state index contributed by atoms with van der Waals surface area (Å²) in [6, 6.07) is 28.8. The zero-order chi connectivity index (χ0) is 22.2. The molecule has 0 amide bonds. The molecule has 1 aromatic carbocycles. The lowest BCUT2D eigenvalue weighted by molar-refractivity contribution is 0.419. The second-order valence-corrected chi connectivity index (χ2v) is 7.97. The Morgan fingerprint density at radius 3 is 1.75 bits per heavy atom. The van der Waals surface area contributed by atoms with Gasteiger partial charge in [-0.15, -0.1) is 0 Å². The van der Waals surface area contributed by atoms with Crippen molar-refractivity contribution in [2.24, 2.45) is 0 Å². The lowest BCUT2D eigenvalue weighted by atomic mass is 9.37. The number of rotatable bonds is 8. The molecule has 0 aliphatic rings. The molecule has 0 aliphatic heterocycles. The summed E-state index contributed by atoms with van der Waals surface area (Å²) in [5, 5.41) is 0. The van der Waals surface area contributed by atoms with E-state index in [4.69, 9.17) is 15.0 Å². The van der Waals surface area contributed by atoms with Crippen LogP contribution < -0.4 is 11.2 Å². The van der Waals surface area contributed by atoms with Gasteiger partial charge in [-0.1, -0.05) is 48.5 Å². The number of aromatic nitrogens is 3. The molecule has 0 radical (unpaired) electrons. The first-order chi connectivity index (χ1) is 15.7. The van der Waals surface area contributed by atoms with Gasteiger partial charge in [0.05, 0.1) is 5.69 Å². The zero-order valence-electron chi connectivity index (χ0n) is 18.6. The van der Waals surface area contributed by atoms with Crippen LogP contribution in [0.2, 0.25) is 0 Å². The van der Waals surface area contributed by atoms with E-state index in [2.05, 4.69) is 67.5 Å². The Balaban J connectivity index is 2.03. The number of hydrogen-bond donors (Lipinski definition) is 0. The molecule has 4 nitrogen and oxygen atoms in total. The molecule has 4 rings (SSSR count). The second-order valence-electron chi connectivity index (χ2n) is 7.97. The van der Waals surface area contributed by atoms with Crippen LogP contribution in [0.1, 0.15) is 17.7 Å². The van der Waals surface area contributed by atoms with Gasteiger partial charge < -0.3 is 4.90 Å². The SMILES string of the molecule is CN(C)CC/C(=C(\B(c1ccccn1)c1ccccn1)c1ccccn1)c1ccccc1. The fourth-order valence-corrected chi connectivity index (χ4v) is 3.95. The second kappa shape index (κ2) is 10.6. The molecule has 0 saturated carbocycles. The number of pyridine rings is 3. The lowest BCUT2D eigenvalue weighted by Gasteiger charge is -2.23. The number of nitrogens with zero attached hydrogens (tertiary/aromatic N) is 4. The molecule has 0 fully saturated rings. The minimum atomic E-state index is -0.135. The third-order valence-corrected chi connectivity index (χ3v) is 5.45. The highest BCUT2D eigenvalue weighted by atomic mass is 15.0. The van der Waals surface area contributed by atoms with Gasteiger partial charge in [-0.05, 0) is 73.5 Å². The quantitative estimate of drug-likeness (QED) is 0.410. The van der Waals surface area contributed by atoms with Crippen molar-refractivity contribution >= 4 is 28.9 Å². The molecular formula is C27H27BN4. The van der Waals surface area contributed by atoms with Gasteiger partial charge in [0, 0.05) is 36.3 Å². The molecule has 0 unspecified atom stereocenters. The first kappa shape index (κ1) is 21.7. The molecular weight excluding hydrogens is 391 g/mol. The summed E-state index contributed by atoms with van der Waals surface area (Å²) in [7, 11) is 4.22. The Morgan fingerprint density at radius 1 is 0.688 bits per heavy atom. The smallest absolute Gasteiger partial charge is 0.290 e. The van der Waals surface area contributed by atoms with Crippen molar-refractivity contribution in [1.29, 1.82) is 0 Å². The van der Waals surface area contributed by atoms with Gasteiger partial charge in [0.1, 0.15) is 0 Å². The molecule has 0 atom stereocenters. The molecule has 0 aliphatic carbocycles. The zero-order valence-corrected chi connectivity index (χ0v) is 18.6. The highest BCUT2D eigenvalue weighted by Crippen LogP contribution is 2.30. The van der Waals surface area contributed by atoms with Crippen molar-refractivity contribution in [2.45, 2.75) is 6.42 Å². The van der Waals surface area contributed by atoms with E-state index in [9.17, 15) is 0 Å². The van der Waals surface area contributed by atoms with Crippen LogP contribution in [0, 0.1) is 0 Å². The maximum atomic E-state index is 4.80. The standard InChI is InChI=1S/C27H27BN4/c1-32(2)21-17-23(22-12-4-3-5-13-22)27(24-14-6-9-18-29-24)28(25-15-7-10-19-30-25)26-16-8-11-20-31-26/h3-16,18-20H,17,21H2,1-2H3/b27-23+. The molecule has 3 heterocycles. The van der Waals surface area contributed by atoms with Crippen LogP contribution in [0.3, 0.4) is 0 Å². The average Bonchev–Trinajstić information content (AvgIpc) is 2.85. The maximum Gasteiger partial charge on any atom is 0.290 e. The summed E-state index contributed by atoms with van der Waals surface area (Å²) >= 11 is 0. The van der Waals surface area contributed by atoms with Crippen molar-refractivity contribution in [3.05, 3.63) is 115 Å². The van der Waals surface area contributed by atoms with Crippen molar-refractivity contribution < 1.29 is 0 Å². The monoisotopic (exact) mass is 418 g/mol. The molecule has 0 bridgehead atoms. The van der Waals surface area contributed by atoms with Gasteiger partial charge in [-0.25, -0.2) is 0 Å². The van der Waals surface area contributed by atoms with E-state index in [-0.39, 0.29) is 6.71 Å². The molecule has 0 spiro atoms. The third-order valence-electron chi connectivity index (χ3n) is 5.45. The third kappa shape index (κ3) is 5.18. The maximum absolute atomic E-state index is 4.80. The van der Waals surface area contributed by atoms with E-state index < -0.39 is 0 Å². The Labute approximate surface area is 190 Å². The van der Waals surface area contributed by atoms with E-state index in [0.29, 0.717) is 0 Å². The largest absolute Gasteiger partial charge is 0.309 e. The normalized spacial score (nSPS) is 11.8. The minimum absolute atomic E-state index is 0.135. The number of hydrogen-bond acceptors (Lipinski definition) is 4. The topological polar surface area (TPSA) is 41.9 Å². The van der Waals surface area contributed by atoms with E-state index in [1.807, 2.05) is 55.0 Å². The van der Waals surface area contributed by atoms with Gasteiger partial charge in [0.15, 0.2) is 0 Å². The van der Waals surface area contributed by atoms with Gasteiger partial charge in [-0.2, -0.15) is 0 Å². The van der Waals surface area contributed by atoms with Crippen LogP contribution in [-0.2, 0) is 0 Å². The van der Waals surface area contributed by atoms with Gasteiger partial charge >= 0.3 is 0 Å². The molecule has 4 aromatic rings. The van der Waals surface area contributed by atoms with Crippen molar-refractivity contribution in [1.82, 2.24) is 19.9 Å². The Hall–Kier alpha value is -3.57. The summed E-state index contributed by atoms with van der Waals surface area (Å²) in [4.78, 5) is 16.5. The fourth-order valence-electron chi connectivity index (χ4n) is 3.95. The van der Waals surface area contributed by atoms with Gasteiger partial charge in [-0.3, -0.25) is 15.0 Å². The molecule has 5 heteroatoms. The molecule has 158 valence electrons. The summed E-state index contributed by atoms with van der Waals surface area (Å²) < 4.78 is 0. The Morgan fingerprint density at radius 2 is 1.25 bits per heavy atom. The van der Waals surface area contributed by atoms with E-state index in [0.717, 1.165) is 35.3 Å². The van der Waals surface area contributed by atoms with Gasteiger partial charge in [0.25, 0.3) is 6.71 Å². The van der Waals surface area contributed by atoms with Crippen LogP contribution in [-0.4, -0.2) is 47.2 Å². The highest BCUT2D eigenvalue weighted by Gasteiger charge is 2.31. The molecule has 32 heavy (non-hydrogen) atoms. The predicted octanol–water partition coefficient (Wildman–Crippen LogP) is 3.58. The van der Waals surface area contributed by atoms with E-state index >= 15 is 0 Å². The van der Waals surface area contributed by atoms with Crippen LogP contribution in [0.4, 0.5) is 0 Å².